The van der Waals surface area contributed by atoms with Gasteiger partial charge in [0.25, 0.3) is 0 Å². The van der Waals surface area contributed by atoms with Crippen molar-refractivity contribution in [2.24, 2.45) is 5.92 Å². The van der Waals surface area contributed by atoms with Crippen LogP contribution >= 0.6 is 23.2 Å². The molecule has 11 heteroatoms. The minimum atomic E-state index is -1.26. The predicted octanol–water partition coefficient (Wildman–Crippen LogP) is 5.19. The van der Waals surface area contributed by atoms with Crippen LogP contribution in [0.5, 0.6) is 0 Å². The zero-order valence-electron chi connectivity index (χ0n) is 21.6. The topological polar surface area (TPSA) is 170 Å². The van der Waals surface area contributed by atoms with E-state index in [0.29, 0.717) is 52.8 Å². The number of nitrogens with two attached hydrogens (primary N) is 1. The van der Waals surface area contributed by atoms with Gasteiger partial charge in [-0.25, -0.2) is 9.59 Å². The Hall–Kier alpha value is -3.11. The first-order chi connectivity index (χ1) is 18.5. The average molecular weight is 584 g/mol. The van der Waals surface area contributed by atoms with Crippen LogP contribution in [0.1, 0.15) is 55.8 Å². The maximum absolute atomic E-state index is 11.5. The van der Waals surface area contributed by atoms with E-state index in [0.717, 1.165) is 38.6 Å². The van der Waals surface area contributed by atoms with Gasteiger partial charge >= 0.3 is 17.9 Å². The van der Waals surface area contributed by atoms with Gasteiger partial charge in [-0.2, -0.15) is 0 Å². The maximum Gasteiger partial charge on any atom is 0.328 e. The number of carbonyl (C=O) groups is 3. The molecule has 2 unspecified atom stereocenters. The molecule has 2 aromatic carbocycles. The lowest BCUT2D eigenvalue weighted by Crippen LogP contribution is -2.22. The van der Waals surface area contributed by atoms with Crippen molar-refractivity contribution in [1.29, 1.82) is 0 Å². The van der Waals surface area contributed by atoms with E-state index in [1.54, 1.807) is 12.1 Å². The summed E-state index contributed by atoms with van der Waals surface area (Å²) in [6, 6.07) is 13.3. The van der Waals surface area contributed by atoms with Gasteiger partial charge in [-0.15, -0.1) is 0 Å². The Morgan fingerprint density at radius 3 is 1.97 bits per heavy atom. The Labute approximate surface area is 238 Å². The quantitative estimate of drug-likeness (QED) is 0.0884. The summed E-state index contributed by atoms with van der Waals surface area (Å²) in [7, 11) is 0. The Morgan fingerprint density at radius 1 is 0.872 bits per heavy atom. The molecule has 0 amide bonds. The van der Waals surface area contributed by atoms with Crippen molar-refractivity contribution in [1.82, 2.24) is 5.32 Å². The molecule has 0 aliphatic carbocycles. The molecule has 0 aliphatic heterocycles. The Bertz CT molecular complexity index is 1040. The van der Waals surface area contributed by atoms with Gasteiger partial charge in [0.05, 0.1) is 27.8 Å². The highest BCUT2D eigenvalue weighted by Gasteiger charge is 2.17. The first-order valence-corrected chi connectivity index (χ1v) is 13.3. The number of aryl methyl sites for hydroxylation is 1. The number of anilines is 1. The predicted molar refractivity (Wildman–Crippen MR) is 152 cm³/mol. The van der Waals surface area contributed by atoms with Crippen molar-refractivity contribution >= 4 is 46.8 Å². The summed E-state index contributed by atoms with van der Waals surface area (Å²) in [4.78, 5) is 30.6. The highest BCUT2D eigenvalue weighted by atomic mass is 35.5. The summed E-state index contributed by atoms with van der Waals surface area (Å²) in [6.45, 7) is 1.18. The molecular weight excluding hydrogens is 547 g/mol. The third kappa shape index (κ3) is 15.2. The number of rotatable bonds is 16. The minimum absolute atomic E-state index is 0.285. The van der Waals surface area contributed by atoms with Crippen LogP contribution in [0, 0.1) is 5.92 Å². The molecule has 0 aliphatic rings. The second-order valence-corrected chi connectivity index (χ2v) is 9.70. The van der Waals surface area contributed by atoms with Crippen molar-refractivity contribution in [2.45, 2.75) is 51.0 Å². The normalized spacial score (nSPS) is 12.4. The number of carboxylic acid groups (broad SMARTS) is 3. The number of nitrogen functional groups attached to an aromatic ring is 1. The number of aliphatic hydroxyl groups is 1. The molecular formula is C28H36Cl2N2O7. The molecule has 39 heavy (non-hydrogen) atoms. The van der Waals surface area contributed by atoms with Gasteiger partial charge in [0.15, 0.2) is 0 Å². The molecule has 0 saturated carbocycles. The van der Waals surface area contributed by atoms with Crippen molar-refractivity contribution in [2.75, 3.05) is 18.8 Å². The number of unbranched alkanes of at least 4 members (excludes halogenated alkanes) is 3. The summed E-state index contributed by atoms with van der Waals surface area (Å²) in [5.41, 5.74) is 7.85. The van der Waals surface area contributed by atoms with E-state index in [9.17, 15) is 24.6 Å². The van der Waals surface area contributed by atoms with Gasteiger partial charge in [0.2, 0.25) is 0 Å². The number of carboxylic acids is 3. The molecule has 0 spiro atoms. The molecule has 2 atom stereocenters. The molecule has 214 valence electrons. The van der Waals surface area contributed by atoms with Gasteiger partial charge in [-0.1, -0.05) is 72.8 Å². The van der Waals surface area contributed by atoms with E-state index < -0.39 is 24.0 Å². The summed E-state index contributed by atoms with van der Waals surface area (Å²) >= 11 is 12.0. The third-order valence-corrected chi connectivity index (χ3v) is 6.45. The average Bonchev–Trinajstić information content (AvgIpc) is 2.89. The van der Waals surface area contributed by atoms with Gasteiger partial charge in [-0.3, -0.25) is 4.79 Å². The summed E-state index contributed by atoms with van der Waals surface area (Å²) in [5.74, 6) is -3.50. The standard InChI is InChI=1S/C24H32Cl2N2O3.C4H4O4/c25-20-14-19(15-21(26)23(20)27)22(29)16-28-13-7-2-1-6-10-18(24(30)31)12-11-17-8-4-3-5-9-17;5-3(6)1-2-4(7)8/h3-5,8-9,14-15,18,22,28-29H,1-2,6-7,10-13,16,27H2,(H,30,31);1-2H,(H,5,6)(H,7,8). The fourth-order valence-electron chi connectivity index (χ4n) is 3.67. The smallest absolute Gasteiger partial charge is 0.328 e. The summed E-state index contributed by atoms with van der Waals surface area (Å²) in [5, 5.41) is 39.3. The second-order valence-electron chi connectivity index (χ2n) is 8.89. The fourth-order valence-corrected chi connectivity index (χ4v) is 4.17. The fraction of sp³-hybridized carbons (Fsp3) is 0.393. The van der Waals surface area contributed by atoms with Crippen LogP contribution in [0.2, 0.25) is 10.0 Å². The van der Waals surface area contributed by atoms with Crippen LogP contribution in [-0.2, 0) is 20.8 Å². The molecule has 0 aromatic heterocycles. The molecule has 9 nitrogen and oxygen atoms in total. The van der Waals surface area contributed by atoms with E-state index in [1.807, 2.05) is 30.3 Å². The van der Waals surface area contributed by atoms with Crippen molar-refractivity contribution < 1.29 is 34.8 Å². The Balaban J connectivity index is 0.000000824. The number of halogens is 2. The molecule has 0 fully saturated rings. The first-order valence-electron chi connectivity index (χ1n) is 12.5. The lowest BCUT2D eigenvalue weighted by Gasteiger charge is -2.14. The van der Waals surface area contributed by atoms with Crippen LogP contribution < -0.4 is 11.1 Å². The summed E-state index contributed by atoms with van der Waals surface area (Å²) in [6.07, 6.45) is 6.51. The molecule has 0 radical (unpaired) electrons. The lowest BCUT2D eigenvalue weighted by atomic mass is 9.94. The molecule has 0 heterocycles. The number of nitrogens with one attached hydrogen (secondary N) is 1. The zero-order chi connectivity index (χ0) is 29.2. The van der Waals surface area contributed by atoms with Crippen molar-refractivity contribution in [3.63, 3.8) is 0 Å². The van der Waals surface area contributed by atoms with E-state index in [4.69, 9.17) is 39.1 Å². The van der Waals surface area contributed by atoms with Crippen LogP contribution in [0.3, 0.4) is 0 Å². The van der Waals surface area contributed by atoms with E-state index in [-0.39, 0.29) is 5.92 Å². The van der Waals surface area contributed by atoms with Crippen LogP contribution in [-0.4, -0.2) is 51.4 Å². The second kappa shape index (κ2) is 19.0. The molecule has 7 N–H and O–H groups in total. The SMILES string of the molecule is Nc1c(Cl)cc(C(O)CNCCCCCCC(CCc2ccccc2)C(=O)O)cc1Cl.O=C(O)C=CC(=O)O. The molecule has 0 bridgehead atoms. The van der Waals surface area contributed by atoms with Crippen molar-refractivity contribution in [3.8, 4) is 0 Å². The van der Waals surface area contributed by atoms with Crippen LogP contribution in [0.25, 0.3) is 0 Å². The number of aliphatic carboxylic acids is 3. The maximum atomic E-state index is 11.5. The monoisotopic (exact) mass is 582 g/mol. The van der Waals surface area contributed by atoms with E-state index >= 15 is 0 Å². The highest BCUT2D eigenvalue weighted by Crippen LogP contribution is 2.31. The molecule has 0 saturated heterocycles. The summed E-state index contributed by atoms with van der Waals surface area (Å²) < 4.78 is 0. The first kappa shape index (κ1) is 33.9. The number of aliphatic hydroxyl groups excluding tert-OH is 1. The van der Waals surface area contributed by atoms with Gasteiger partial charge < -0.3 is 31.5 Å². The van der Waals surface area contributed by atoms with Crippen LogP contribution in [0.15, 0.2) is 54.6 Å². The van der Waals surface area contributed by atoms with Gasteiger partial charge in [0, 0.05) is 18.7 Å². The highest BCUT2D eigenvalue weighted by molar-refractivity contribution is 6.38. The van der Waals surface area contributed by atoms with Gasteiger partial charge in [-0.05, 0) is 55.5 Å². The third-order valence-electron chi connectivity index (χ3n) is 5.82. The molecule has 2 aromatic rings. The van der Waals surface area contributed by atoms with E-state index in [2.05, 4.69) is 5.32 Å². The van der Waals surface area contributed by atoms with Crippen LogP contribution in [0.4, 0.5) is 5.69 Å². The Morgan fingerprint density at radius 2 is 1.44 bits per heavy atom. The van der Waals surface area contributed by atoms with Gasteiger partial charge in [0.1, 0.15) is 0 Å². The number of hydrogen-bond acceptors (Lipinski definition) is 6. The Kier molecular flexibility index (Phi) is 16.5. The van der Waals surface area contributed by atoms with Crippen molar-refractivity contribution in [3.05, 3.63) is 75.8 Å². The largest absolute Gasteiger partial charge is 0.481 e. The van der Waals surface area contributed by atoms with E-state index in [1.165, 1.54) is 5.56 Å². The minimum Gasteiger partial charge on any atom is -0.481 e. The zero-order valence-corrected chi connectivity index (χ0v) is 23.1. The lowest BCUT2D eigenvalue weighted by molar-refractivity contribution is -0.142. The molecule has 2 rings (SSSR count). The number of benzene rings is 2. The number of hydrogen-bond donors (Lipinski definition) is 6.